The van der Waals surface area contributed by atoms with Crippen molar-refractivity contribution in [2.24, 2.45) is 0 Å². The molecule has 0 saturated heterocycles. The summed E-state index contributed by atoms with van der Waals surface area (Å²) in [7, 11) is 1.63. The largest absolute Gasteiger partial charge is 0.497 e. The van der Waals surface area contributed by atoms with Gasteiger partial charge in [0.1, 0.15) is 5.75 Å². The Labute approximate surface area is 202 Å². The molecule has 33 heavy (non-hydrogen) atoms. The number of hydrogen-bond acceptors (Lipinski definition) is 5. The minimum Gasteiger partial charge on any atom is -0.497 e. The van der Waals surface area contributed by atoms with Gasteiger partial charge >= 0.3 is 0 Å². The Bertz CT molecular complexity index is 1250. The van der Waals surface area contributed by atoms with Gasteiger partial charge in [0.05, 0.1) is 23.6 Å². The highest BCUT2D eigenvalue weighted by Crippen LogP contribution is 2.30. The number of nitrogens with zero attached hydrogens (tertiary/aromatic N) is 3. The minimum atomic E-state index is -0.167. The van der Waals surface area contributed by atoms with E-state index in [4.69, 9.17) is 16.3 Å². The molecule has 6 nitrogen and oxygen atoms in total. The second-order valence-corrected chi connectivity index (χ2v) is 8.83. The zero-order chi connectivity index (χ0) is 23.4. The summed E-state index contributed by atoms with van der Waals surface area (Å²) in [6.07, 6.45) is 0. The summed E-state index contributed by atoms with van der Waals surface area (Å²) < 4.78 is 7.23. The van der Waals surface area contributed by atoms with Gasteiger partial charge in [0.25, 0.3) is 0 Å². The predicted molar refractivity (Wildman–Crippen MR) is 134 cm³/mol. The number of halogens is 1. The fourth-order valence-corrected chi connectivity index (χ4v) is 4.60. The van der Waals surface area contributed by atoms with Crippen molar-refractivity contribution in [3.8, 4) is 22.8 Å². The second-order valence-electron chi connectivity index (χ2n) is 7.48. The number of ether oxygens (including phenoxy) is 1. The van der Waals surface area contributed by atoms with Crippen molar-refractivity contribution in [2.45, 2.75) is 19.0 Å². The molecule has 0 fully saturated rings. The van der Waals surface area contributed by atoms with Crippen LogP contribution in [0.2, 0.25) is 5.02 Å². The van der Waals surface area contributed by atoms with Crippen LogP contribution in [0.15, 0.2) is 71.9 Å². The Kier molecular flexibility index (Phi) is 7.01. The van der Waals surface area contributed by atoms with Gasteiger partial charge in [-0.05, 0) is 55.3 Å². The van der Waals surface area contributed by atoms with Gasteiger partial charge < -0.3 is 10.1 Å². The first-order valence-corrected chi connectivity index (χ1v) is 11.7. The normalized spacial score (nSPS) is 10.8. The summed E-state index contributed by atoms with van der Waals surface area (Å²) in [5, 5.41) is 12.9. The first-order valence-electron chi connectivity index (χ1n) is 10.3. The van der Waals surface area contributed by atoms with Crippen LogP contribution in [-0.4, -0.2) is 33.5 Å². The number of hydrogen-bond donors (Lipinski definition) is 1. The number of methoxy groups -OCH3 is 1. The molecule has 1 aromatic heterocycles. The number of benzene rings is 3. The van der Waals surface area contributed by atoms with Gasteiger partial charge in [0.15, 0.2) is 11.0 Å². The van der Waals surface area contributed by atoms with Crippen LogP contribution in [0, 0.1) is 13.8 Å². The molecule has 0 spiro atoms. The molecule has 1 amide bonds. The Morgan fingerprint density at radius 2 is 1.79 bits per heavy atom. The number of carbonyl (C=O) groups is 1. The molecular weight excluding hydrogens is 456 g/mol. The SMILES string of the molecule is COc1ccc(-n2c(SCC(=O)Nc3c(C)cc(C)cc3Cl)nnc2-c2ccccc2)cc1. The minimum absolute atomic E-state index is 0.159. The highest BCUT2D eigenvalue weighted by Gasteiger charge is 2.18. The Hall–Kier alpha value is -3.29. The fraction of sp³-hybridized carbons (Fsp3) is 0.160. The van der Waals surface area contributed by atoms with Crippen molar-refractivity contribution >= 4 is 35.0 Å². The third kappa shape index (κ3) is 5.21. The van der Waals surface area contributed by atoms with Gasteiger partial charge in [0.2, 0.25) is 5.91 Å². The van der Waals surface area contributed by atoms with E-state index < -0.39 is 0 Å². The van der Waals surface area contributed by atoms with E-state index in [2.05, 4.69) is 15.5 Å². The maximum Gasteiger partial charge on any atom is 0.234 e. The third-order valence-corrected chi connectivity index (χ3v) is 6.25. The van der Waals surface area contributed by atoms with Crippen LogP contribution >= 0.6 is 23.4 Å². The summed E-state index contributed by atoms with van der Waals surface area (Å²) >= 11 is 7.65. The first kappa shape index (κ1) is 22.9. The number of amides is 1. The summed E-state index contributed by atoms with van der Waals surface area (Å²) in [5.74, 6) is 1.44. The van der Waals surface area contributed by atoms with Gasteiger partial charge in [-0.15, -0.1) is 10.2 Å². The van der Waals surface area contributed by atoms with Crippen LogP contribution in [0.25, 0.3) is 17.1 Å². The zero-order valence-corrected chi connectivity index (χ0v) is 20.1. The highest BCUT2D eigenvalue weighted by atomic mass is 35.5. The number of carbonyl (C=O) groups excluding carboxylic acids is 1. The van der Waals surface area contributed by atoms with Crippen molar-refractivity contribution in [3.05, 3.63) is 82.9 Å². The molecule has 8 heteroatoms. The molecule has 0 atom stereocenters. The number of rotatable bonds is 7. The molecule has 1 heterocycles. The van der Waals surface area contributed by atoms with Crippen LogP contribution in [0.4, 0.5) is 5.69 Å². The van der Waals surface area contributed by atoms with Crippen molar-refractivity contribution in [2.75, 3.05) is 18.2 Å². The molecule has 4 rings (SSSR count). The van der Waals surface area contributed by atoms with E-state index >= 15 is 0 Å². The van der Waals surface area contributed by atoms with Gasteiger partial charge in [-0.1, -0.05) is 59.8 Å². The molecule has 0 unspecified atom stereocenters. The lowest BCUT2D eigenvalue weighted by Gasteiger charge is -2.13. The second kappa shape index (κ2) is 10.1. The molecule has 4 aromatic rings. The van der Waals surface area contributed by atoms with Crippen molar-refractivity contribution in [1.82, 2.24) is 14.8 Å². The quantitative estimate of drug-likeness (QED) is 0.333. The third-order valence-electron chi connectivity index (χ3n) is 5.02. The van der Waals surface area contributed by atoms with Crippen LogP contribution in [0.3, 0.4) is 0 Å². The Morgan fingerprint density at radius 1 is 1.06 bits per heavy atom. The van der Waals surface area contributed by atoms with Crippen molar-refractivity contribution in [1.29, 1.82) is 0 Å². The van der Waals surface area contributed by atoms with Gasteiger partial charge in [-0.25, -0.2) is 0 Å². The molecule has 0 aliphatic carbocycles. The summed E-state index contributed by atoms with van der Waals surface area (Å²) in [5.41, 5.74) is 4.41. The van der Waals surface area contributed by atoms with Crippen molar-refractivity contribution in [3.63, 3.8) is 0 Å². The standard InChI is InChI=1S/C25H23ClN4O2S/c1-16-13-17(2)23(21(26)14-16)27-22(31)15-33-25-29-28-24(18-7-5-4-6-8-18)30(25)19-9-11-20(32-3)12-10-19/h4-14H,15H2,1-3H3,(H,27,31). The maximum absolute atomic E-state index is 12.7. The number of aryl methyl sites for hydroxylation is 2. The fourth-order valence-electron chi connectivity index (χ4n) is 3.48. The Balaban J connectivity index is 1.60. The zero-order valence-electron chi connectivity index (χ0n) is 18.5. The van der Waals surface area contributed by atoms with E-state index in [9.17, 15) is 4.79 Å². The first-order chi connectivity index (χ1) is 16.0. The number of aromatic nitrogens is 3. The molecular formula is C25H23ClN4O2S. The van der Waals surface area contributed by atoms with Gasteiger partial charge in [0, 0.05) is 11.3 Å². The lowest BCUT2D eigenvalue weighted by Crippen LogP contribution is -2.16. The molecule has 0 bridgehead atoms. The molecule has 0 aliphatic heterocycles. The molecule has 168 valence electrons. The lowest BCUT2D eigenvalue weighted by molar-refractivity contribution is -0.113. The van der Waals surface area contributed by atoms with E-state index in [1.54, 1.807) is 7.11 Å². The molecule has 0 radical (unpaired) electrons. The summed E-state index contributed by atoms with van der Waals surface area (Å²) in [6.45, 7) is 3.89. The molecule has 1 N–H and O–H groups in total. The van der Waals surface area contributed by atoms with Gasteiger partial charge in [-0.3, -0.25) is 9.36 Å². The average Bonchev–Trinajstić information content (AvgIpc) is 3.24. The summed E-state index contributed by atoms with van der Waals surface area (Å²) in [4.78, 5) is 12.7. The van der Waals surface area contributed by atoms with Gasteiger partial charge in [-0.2, -0.15) is 0 Å². The topological polar surface area (TPSA) is 69.0 Å². The Morgan fingerprint density at radius 3 is 2.45 bits per heavy atom. The maximum atomic E-state index is 12.7. The number of nitrogens with one attached hydrogen (secondary N) is 1. The van der Waals surface area contributed by atoms with Crippen LogP contribution in [0.1, 0.15) is 11.1 Å². The van der Waals surface area contributed by atoms with E-state index in [1.165, 1.54) is 11.8 Å². The van der Waals surface area contributed by atoms with Crippen molar-refractivity contribution < 1.29 is 9.53 Å². The highest BCUT2D eigenvalue weighted by molar-refractivity contribution is 7.99. The smallest absolute Gasteiger partial charge is 0.234 e. The van der Waals surface area contributed by atoms with E-state index in [-0.39, 0.29) is 11.7 Å². The van der Waals surface area contributed by atoms with E-state index in [0.717, 1.165) is 28.1 Å². The van der Waals surface area contributed by atoms with E-state index in [0.29, 0.717) is 21.7 Å². The summed E-state index contributed by atoms with van der Waals surface area (Å²) in [6, 6.07) is 21.3. The van der Waals surface area contributed by atoms with E-state index in [1.807, 2.05) is 85.1 Å². The lowest BCUT2D eigenvalue weighted by atomic mass is 10.1. The van der Waals surface area contributed by atoms with Crippen LogP contribution in [0.5, 0.6) is 5.75 Å². The molecule has 0 saturated carbocycles. The molecule has 0 aliphatic rings. The van der Waals surface area contributed by atoms with Crippen LogP contribution < -0.4 is 10.1 Å². The molecule has 3 aromatic carbocycles. The predicted octanol–water partition coefficient (Wildman–Crippen LogP) is 5.94. The number of anilines is 1. The van der Waals surface area contributed by atoms with Crippen LogP contribution in [-0.2, 0) is 4.79 Å². The average molecular weight is 479 g/mol. The number of thioether (sulfide) groups is 1. The monoisotopic (exact) mass is 478 g/mol.